The summed E-state index contributed by atoms with van der Waals surface area (Å²) in [6.45, 7) is 6.67. The van der Waals surface area contributed by atoms with E-state index in [2.05, 4.69) is 25.3 Å². The number of hydrogen-bond donors (Lipinski definition) is 3. The van der Waals surface area contributed by atoms with E-state index >= 15 is 0 Å². The molecular formula is C20H26N6O2. The third-order valence-electron chi connectivity index (χ3n) is 5.18. The van der Waals surface area contributed by atoms with Gasteiger partial charge in [-0.1, -0.05) is 6.07 Å². The first-order chi connectivity index (χ1) is 13.5. The highest BCUT2D eigenvalue weighted by molar-refractivity contribution is 5.72. The maximum Gasteiger partial charge on any atom is 0.254 e. The minimum absolute atomic E-state index is 0.178. The highest BCUT2D eigenvalue weighted by Crippen LogP contribution is 2.32. The molecular weight excluding hydrogens is 356 g/mol. The van der Waals surface area contributed by atoms with Crippen LogP contribution in [0.15, 0.2) is 24.4 Å². The van der Waals surface area contributed by atoms with Crippen molar-refractivity contribution >= 4 is 11.7 Å². The van der Waals surface area contributed by atoms with Gasteiger partial charge in [-0.3, -0.25) is 4.90 Å². The number of aliphatic hydroxyl groups is 1. The van der Waals surface area contributed by atoms with Crippen LogP contribution >= 0.6 is 0 Å². The van der Waals surface area contributed by atoms with Gasteiger partial charge in [0.25, 0.3) is 5.78 Å². The zero-order valence-electron chi connectivity index (χ0n) is 16.3. The summed E-state index contributed by atoms with van der Waals surface area (Å²) < 4.78 is 1.64. The van der Waals surface area contributed by atoms with Gasteiger partial charge in [-0.2, -0.15) is 4.98 Å². The van der Waals surface area contributed by atoms with Crippen LogP contribution in [0.25, 0.3) is 17.0 Å². The highest BCUT2D eigenvalue weighted by atomic mass is 16.3. The highest BCUT2D eigenvalue weighted by Gasteiger charge is 2.21. The lowest BCUT2D eigenvalue weighted by atomic mass is 10.0. The number of hydrogen-bond acceptors (Lipinski definition) is 7. The third-order valence-corrected chi connectivity index (χ3v) is 5.18. The second-order valence-corrected chi connectivity index (χ2v) is 7.48. The second kappa shape index (κ2) is 7.73. The molecule has 4 rings (SSSR count). The minimum Gasteiger partial charge on any atom is -0.507 e. The molecule has 0 aliphatic carbocycles. The Labute approximate surface area is 163 Å². The molecule has 1 aliphatic heterocycles. The van der Waals surface area contributed by atoms with Crippen molar-refractivity contribution in [3.05, 3.63) is 35.5 Å². The SMILES string of the molecule is Cc1cc(C)c(-c2ccn3nc(N[C@@H]4CCCN(CCO)C4)nc3n2)c(O)c1. The van der Waals surface area contributed by atoms with Gasteiger partial charge in [0, 0.05) is 30.9 Å². The average molecular weight is 382 g/mol. The van der Waals surface area contributed by atoms with Gasteiger partial charge >= 0.3 is 0 Å². The van der Waals surface area contributed by atoms with Crippen LogP contribution in [0.3, 0.4) is 0 Å². The monoisotopic (exact) mass is 382 g/mol. The van der Waals surface area contributed by atoms with E-state index in [4.69, 9.17) is 5.11 Å². The van der Waals surface area contributed by atoms with Crippen molar-refractivity contribution in [2.75, 3.05) is 31.6 Å². The molecule has 1 saturated heterocycles. The molecule has 0 spiro atoms. The molecule has 0 unspecified atom stereocenters. The summed E-state index contributed by atoms with van der Waals surface area (Å²) in [4.78, 5) is 11.4. The summed E-state index contributed by atoms with van der Waals surface area (Å²) in [5.41, 5.74) is 3.38. The number of aliphatic hydroxyl groups excluding tert-OH is 1. The zero-order valence-corrected chi connectivity index (χ0v) is 16.3. The number of anilines is 1. The topological polar surface area (TPSA) is 98.8 Å². The van der Waals surface area contributed by atoms with Gasteiger partial charge in [0.05, 0.1) is 12.3 Å². The van der Waals surface area contributed by atoms with Crippen molar-refractivity contribution < 1.29 is 10.2 Å². The summed E-state index contributed by atoms with van der Waals surface area (Å²) in [7, 11) is 0. The molecule has 0 saturated carbocycles. The third kappa shape index (κ3) is 3.79. The Morgan fingerprint density at radius 2 is 2.11 bits per heavy atom. The first-order valence-electron chi connectivity index (χ1n) is 9.67. The van der Waals surface area contributed by atoms with E-state index in [1.54, 1.807) is 10.6 Å². The quantitative estimate of drug-likeness (QED) is 0.620. The van der Waals surface area contributed by atoms with E-state index in [0.29, 0.717) is 24.0 Å². The predicted molar refractivity (Wildman–Crippen MR) is 108 cm³/mol. The van der Waals surface area contributed by atoms with Gasteiger partial charge in [0.15, 0.2) is 0 Å². The maximum absolute atomic E-state index is 10.4. The number of phenolic OH excluding ortho intramolecular Hbond substituents is 1. The molecule has 0 bridgehead atoms. The largest absolute Gasteiger partial charge is 0.507 e. The molecule has 1 atom stereocenters. The van der Waals surface area contributed by atoms with Crippen LogP contribution in [-0.2, 0) is 0 Å². The van der Waals surface area contributed by atoms with Crippen molar-refractivity contribution in [3.8, 4) is 17.0 Å². The number of aromatic hydroxyl groups is 1. The minimum atomic E-state index is 0.178. The first kappa shape index (κ1) is 18.6. The maximum atomic E-state index is 10.4. The summed E-state index contributed by atoms with van der Waals surface area (Å²) in [5, 5.41) is 27.4. The van der Waals surface area contributed by atoms with Gasteiger partial charge in [0.2, 0.25) is 5.95 Å². The van der Waals surface area contributed by atoms with Gasteiger partial charge in [-0.05, 0) is 56.5 Å². The van der Waals surface area contributed by atoms with E-state index in [9.17, 15) is 5.11 Å². The van der Waals surface area contributed by atoms with Crippen LogP contribution in [0.4, 0.5) is 5.95 Å². The van der Waals surface area contributed by atoms with Gasteiger partial charge in [-0.15, -0.1) is 5.10 Å². The van der Waals surface area contributed by atoms with Crippen LogP contribution in [0.1, 0.15) is 24.0 Å². The lowest BCUT2D eigenvalue weighted by Gasteiger charge is -2.32. The normalized spacial score (nSPS) is 17.9. The van der Waals surface area contributed by atoms with Crippen molar-refractivity contribution in [1.82, 2.24) is 24.5 Å². The zero-order chi connectivity index (χ0) is 19.7. The number of phenols is 1. The molecule has 0 radical (unpaired) electrons. The number of fused-ring (bicyclic) bond motifs is 1. The summed E-state index contributed by atoms with van der Waals surface area (Å²) in [5.74, 6) is 1.26. The fourth-order valence-electron chi connectivity index (χ4n) is 3.96. The van der Waals surface area contributed by atoms with E-state index in [0.717, 1.165) is 42.6 Å². The Kier molecular flexibility index (Phi) is 5.15. The molecule has 8 heteroatoms. The van der Waals surface area contributed by atoms with Gasteiger partial charge < -0.3 is 15.5 Å². The molecule has 148 valence electrons. The number of rotatable bonds is 5. The van der Waals surface area contributed by atoms with Crippen molar-refractivity contribution in [2.45, 2.75) is 32.7 Å². The number of nitrogens with zero attached hydrogens (tertiary/aromatic N) is 5. The number of benzene rings is 1. The molecule has 1 aliphatic rings. The number of likely N-dealkylation sites (tertiary alicyclic amines) is 1. The predicted octanol–water partition coefficient (Wildman–Crippen LogP) is 1.98. The number of piperidine rings is 1. The Bertz CT molecular complexity index is 961. The Hall–Kier alpha value is -2.71. The molecule has 3 heterocycles. The fourth-order valence-corrected chi connectivity index (χ4v) is 3.96. The standard InChI is InChI=1S/C20H26N6O2/c1-13-10-14(2)18(17(28)11-13)16-5-7-26-20(22-16)23-19(24-26)21-15-4-3-6-25(12-15)8-9-27/h5,7,10-11,15,27-28H,3-4,6,8-9,12H2,1-2H3,(H,21,24)/t15-/m1/s1. The van der Waals surface area contributed by atoms with Crippen molar-refractivity contribution in [1.29, 1.82) is 0 Å². The van der Waals surface area contributed by atoms with Crippen LogP contribution < -0.4 is 5.32 Å². The summed E-state index contributed by atoms with van der Waals surface area (Å²) in [6, 6.07) is 5.86. The van der Waals surface area contributed by atoms with E-state index in [-0.39, 0.29) is 18.4 Å². The molecule has 0 amide bonds. The molecule has 3 N–H and O–H groups in total. The lowest BCUT2D eigenvalue weighted by Crippen LogP contribution is -2.43. The van der Waals surface area contributed by atoms with E-state index in [1.165, 1.54) is 0 Å². The summed E-state index contributed by atoms with van der Waals surface area (Å²) >= 11 is 0. The fraction of sp³-hybridized carbons (Fsp3) is 0.450. The van der Waals surface area contributed by atoms with Crippen LogP contribution in [-0.4, -0.2) is 67.0 Å². The molecule has 3 aromatic rings. The smallest absolute Gasteiger partial charge is 0.254 e. The van der Waals surface area contributed by atoms with Crippen molar-refractivity contribution in [3.63, 3.8) is 0 Å². The number of β-amino-alcohol motifs (C(OH)–C–C–N with tert-alkyl or cyclic N) is 1. The Balaban J connectivity index is 1.57. The summed E-state index contributed by atoms with van der Waals surface area (Å²) in [6.07, 6.45) is 3.94. The van der Waals surface area contributed by atoms with Crippen LogP contribution in [0, 0.1) is 13.8 Å². The number of nitrogens with one attached hydrogen (secondary N) is 1. The Morgan fingerprint density at radius 1 is 1.25 bits per heavy atom. The number of aryl methyl sites for hydroxylation is 2. The van der Waals surface area contributed by atoms with Crippen LogP contribution in [0.5, 0.6) is 5.75 Å². The average Bonchev–Trinajstić information content (AvgIpc) is 3.03. The number of aromatic nitrogens is 4. The van der Waals surface area contributed by atoms with Crippen molar-refractivity contribution in [2.24, 2.45) is 0 Å². The first-order valence-corrected chi connectivity index (χ1v) is 9.67. The molecule has 8 nitrogen and oxygen atoms in total. The molecule has 2 aromatic heterocycles. The van der Waals surface area contributed by atoms with Gasteiger partial charge in [0.1, 0.15) is 5.75 Å². The lowest BCUT2D eigenvalue weighted by molar-refractivity contribution is 0.166. The molecule has 28 heavy (non-hydrogen) atoms. The molecule has 1 fully saturated rings. The molecule has 1 aromatic carbocycles. The second-order valence-electron chi connectivity index (χ2n) is 7.48. The van der Waals surface area contributed by atoms with Crippen LogP contribution in [0.2, 0.25) is 0 Å². The van der Waals surface area contributed by atoms with E-state index < -0.39 is 0 Å². The van der Waals surface area contributed by atoms with E-state index in [1.807, 2.05) is 32.2 Å². The Morgan fingerprint density at radius 3 is 2.89 bits per heavy atom. The van der Waals surface area contributed by atoms with Gasteiger partial charge in [-0.25, -0.2) is 9.50 Å².